The molecule has 0 saturated carbocycles. The van der Waals surface area contributed by atoms with Crippen molar-refractivity contribution in [1.82, 2.24) is 8.97 Å². The zero-order chi connectivity index (χ0) is 31.8. The molecule has 1 N–H and O–H groups in total. The maximum absolute atomic E-state index is 5.28. The molecule has 1 aliphatic heterocycles. The molecule has 6 aromatic carbocycles. The van der Waals surface area contributed by atoms with Gasteiger partial charge in [-0.3, -0.25) is 4.40 Å². The van der Waals surface area contributed by atoms with E-state index in [2.05, 4.69) is 160 Å². The smallest absolute Gasteiger partial charge is 0.138 e. The number of para-hydroxylation sites is 3. The fourth-order valence-electron chi connectivity index (χ4n) is 8.50. The zero-order valence-electron chi connectivity index (χ0n) is 26.2. The van der Waals surface area contributed by atoms with Crippen LogP contribution in [0.15, 0.2) is 151 Å². The highest BCUT2D eigenvalue weighted by molar-refractivity contribution is 7.26. The van der Waals surface area contributed by atoms with Gasteiger partial charge < -0.3 is 9.88 Å². The van der Waals surface area contributed by atoms with E-state index in [1.54, 1.807) is 0 Å². The van der Waals surface area contributed by atoms with Gasteiger partial charge in [0.2, 0.25) is 0 Å². The summed E-state index contributed by atoms with van der Waals surface area (Å²) in [6.45, 7) is 0. The van der Waals surface area contributed by atoms with E-state index < -0.39 is 0 Å². The fraction of sp³-hybridized carbons (Fsp3) is 0.0227. The fourth-order valence-corrected chi connectivity index (χ4v) is 9.72. The van der Waals surface area contributed by atoms with E-state index in [4.69, 9.17) is 4.99 Å². The number of nitrogens with one attached hydrogen (secondary N) is 1. The van der Waals surface area contributed by atoms with Gasteiger partial charge in [0.05, 0.1) is 33.8 Å². The maximum atomic E-state index is 5.28. The van der Waals surface area contributed by atoms with Crippen molar-refractivity contribution in [3.63, 3.8) is 0 Å². The summed E-state index contributed by atoms with van der Waals surface area (Å²) >= 11 is 1.90. The van der Waals surface area contributed by atoms with Crippen LogP contribution in [0.2, 0.25) is 0 Å². The zero-order valence-corrected chi connectivity index (χ0v) is 27.0. The second-order valence-electron chi connectivity index (χ2n) is 13.2. The van der Waals surface area contributed by atoms with Gasteiger partial charge in [0.15, 0.2) is 0 Å². The first kappa shape index (κ1) is 25.9. The van der Waals surface area contributed by atoms with Crippen molar-refractivity contribution in [3.8, 4) is 16.8 Å². The standard InChI is InChI=1S/C44H26N4S/c1-2-10-27(11-3-1)47-36-16-8-4-12-28(36)30-22-25(18-20-38(30)47)26-19-21-39-31(23-26)32-24-33-41-44(46-35-15-7-6-14-34(35)45-41)48-37-17-9-5-13-29(37)40(42(33)48)43(32)49-39/h1-24,35,46H. The molecule has 4 nitrogen and oxygen atoms in total. The molecule has 0 radical (unpaired) electrons. The third-order valence-corrected chi connectivity index (χ3v) is 11.8. The number of anilines is 1. The van der Waals surface area contributed by atoms with Crippen molar-refractivity contribution in [2.45, 2.75) is 6.04 Å². The lowest BCUT2D eigenvalue weighted by Crippen LogP contribution is -2.30. The Balaban J connectivity index is 1.12. The Kier molecular flexibility index (Phi) is 4.88. The van der Waals surface area contributed by atoms with Crippen molar-refractivity contribution in [3.05, 3.63) is 146 Å². The summed E-state index contributed by atoms with van der Waals surface area (Å²) in [6, 6.07) is 44.7. The first-order chi connectivity index (χ1) is 24.3. The third kappa shape index (κ3) is 3.35. The Bertz CT molecular complexity index is 3130. The van der Waals surface area contributed by atoms with E-state index in [0.29, 0.717) is 0 Å². The van der Waals surface area contributed by atoms with E-state index in [1.165, 1.54) is 86.0 Å². The van der Waals surface area contributed by atoms with Crippen LogP contribution in [0.4, 0.5) is 11.5 Å². The Morgan fingerprint density at radius 3 is 2.27 bits per heavy atom. The topological polar surface area (TPSA) is 33.7 Å². The van der Waals surface area contributed by atoms with Crippen LogP contribution in [-0.4, -0.2) is 20.7 Å². The minimum atomic E-state index is 0.0813. The second-order valence-corrected chi connectivity index (χ2v) is 14.3. The summed E-state index contributed by atoms with van der Waals surface area (Å²) in [4.78, 5) is 5.28. The van der Waals surface area contributed by atoms with Gasteiger partial charge in [-0.05, 0) is 71.8 Å². The number of aliphatic imine (C=N–C) groups is 1. The average molecular weight is 643 g/mol. The van der Waals surface area contributed by atoms with E-state index in [1.807, 2.05) is 11.3 Å². The number of hydrogen-bond acceptors (Lipinski definition) is 3. The van der Waals surface area contributed by atoms with Crippen LogP contribution < -0.4 is 5.32 Å². The maximum Gasteiger partial charge on any atom is 0.138 e. The SMILES string of the molecule is C1=CC2=Nc3c(n4c5ccccc5c5c6sc7ccc(-c8ccc9c(c8)c8ccccc8n9-c8ccccc8)cc7c6cc3c54)NC2C=C1. The Hall–Kier alpha value is -6.17. The van der Waals surface area contributed by atoms with Gasteiger partial charge in [-0.25, -0.2) is 4.99 Å². The molecule has 1 atom stereocenters. The molecule has 0 saturated heterocycles. The van der Waals surface area contributed by atoms with Crippen LogP contribution >= 0.6 is 11.3 Å². The number of nitrogens with zero attached hydrogens (tertiary/aromatic N) is 3. The molecule has 1 unspecified atom stereocenters. The number of aromatic nitrogens is 2. The van der Waals surface area contributed by atoms with Crippen LogP contribution in [0.1, 0.15) is 0 Å². The van der Waals surface area contributed by atoms with Crippen molar-refractivity contribution in [1.29, 1.82) is 0 Å². The van der Waals surface area contributed by atoms with Crippen molar-refractivity contribution >= 4 is 97.7 Å². The molecule has 0 fully saturated rings. The third-order valence-electron chi connectivity index (χ3n) is 10.6. The summed E-state index contributed by atoms with van der Waals surface area (Å²) < 4.78 is 7.44. The van der Waals surface area contributed by atoms with Crippen molar-refractivity contribution in [2.24, 2.45) is 4.99 Å². The highest BCUT2D eigenvalue weighted by atomic mass is 32.1. The lowest BCUT2D eigenvalue weighted by Gasteiger charge is -2.23. The Morgan fingerprint density at radius 2 is 1.37 bits per heavy atom. The highest BCUT2D eigenvalue weighted by Crippen LogP contribution is 2.52. The first-order valence-electron chi connectivity index (χ1n) is 16.8. The molecule has 4 aromatic heterocycles. The number of allylic oxidation sites excluding steroid dienone is 2. The monoisotopic (exact) mass is 642 g/mol. The molecule has 0 amide bonds. The minimum absolute atomic E-state index is 0.0813. The molecule has 1 aliphatic carbocycles. The van der Waals surface area contributed by atoms with Crippen LogP contribution in [0.3, 0.4) is 0 Å². The Morgan fingerprint density at radius 1 is 0.612 bits per heavy atom. The summed E-state index contributed by atoms with van der Waals surface area (Å²) in [5.74, 6) is 1.08. The quantitative estimate of drug-likeness (QED) is 0.200. The predicted octanol–water partition coefficient (Wildman–Crippen LogP) is 11.8. The summed E-state index contributed by atoms with van der Waals surface area (Å²) in [5.41, 5.74) is 10.7. The molecule has 0 spiro atoms. The first-order valence-corrected chi connectivity index (χ1v) is 17.6. The minimum Gasteiger partial charge on any atom is -0.357 e. The van der Waals surface area contributed by atoms with Gasteiger partial charge in [0, 0.05) is 52.8 Å². The summed E-state index contributed by atoms with van der Waals surface area (Å²) in [6.07, 6.45) is 8.51. The van der Waals surface area contributed by atoms with E-state index in [0.717, 1.165) is 17.2 Å². The van der Waals surface area contributed by atoms with Crippen molar-refractivity contribution < 1.29 is 0 Å². The van der Waals surface area contributed by atoms with Gasteiger partial charge in [-0.1, -0.05) is 85.0 Å². The highest BCUT2D eigenvalue weighted by Gasteiger charge is 2.30. The van der Waals surface area contributed by atoms with Gasteiger partial charge in [-0.2, -0.15) is 0 Å². The molecule has 10 aromatic rings. The normalized spacial score (nSPS) is 15.7. The number of benzene rings is 6. The molecule has 12 rings (SSSR count). The van der Waals surface area contributed by atoms with Crippen LogP contribution in [0.5, 0.6) is 0 Å². The van der Waals surface area contributed by atoms with Gasteiger partial charge in [0.25, 0.3) is 0 Å². The van der Waals surface area contributed by atoms with Gasteiger partial charge >= 0.3 is 0 Å². The molecule has 228 valence electrons. The molecular formula is C44H26N4S. The van der Waals surface area contributed by atoms with E-state index in [9.17, 15) is 0 Å². The van der Waals surface area contributed by atoms with Crippen LogP contribution in [0, 0.1) is 0 Å². The molecule has 2 aliphatic rings. The van der Waals surface area contributed by atoms with E-state index >= 15 is 0 Å². The number of fused-ring (bicyclic) bond motifs is 14. The lowest BCUT2D eigenvalue weighted by molar-refractivity contribution is 1.09. The van der Waals surface area contributed by atoms with Crippen LogP contribution in [0.25, 0.3) is 86.0 Å². The molecule has 0 bridgehead atoms. The summed E-state index contributed by atoms with van der Waals surface area (Å²) in [7, 11) is 0. The lowest BCUT2D eigenvalue weighted by atomic mass is 9.99. The second kappa shape index (κ2) is 9.25. The molecule has 49 heavy (non-hydrogen) atoms. The van der Waals surface area contributed by atoms with Crippen LogP contribution in [-0.2, 0) is 0 Å². The molecule has 5 heteroatoms. The number of hydrogen-bond donors (Lipinski definition) is 1. The van der Waals surface area contributed by atoms with Gasteiger partial charge in [0.1, 0.15) is 11.5 Å². The number of rotatable bonds is 2. The largest absolute Gasteiger partial charge is 0.357 e. The van der Waals surface area contributed by atoms with Crippen molar-refractivity contribution in [2.75, 3.05) is 5.32 Å². The predicted molar refractivity (Wildman–Crippen MR) is 209 cm³/mol. The Labute approximate surface area is 284 Å². The number of thiophene rings is 1. The average Bonchev–Trinajstić information content (AvgIpc) is 3.89. The van der Waals surface area contributed by atoms with E-state index in [-0.39, 0.29) is 6.04 Å². The summed E-state index contributed by atoms with van der Waals surface area (Å²) in [5, 5.41) is 12.8. The molecule has 5 heterocycles. The van der Waals surface area contributed by atoms with Gasteiger partial charge in [-0.15, -0.1) is 11.3 Å². The molecular weight excluding hydrogens is 617 g/mol.